The van der Waals surface area contributed by atoms with Gasteiger partial charge in [-0.15, -0.1) is 0 Å². The molecule has 0 saturated carbocycles. The smallest absolute Gasteiger partial charge is 0.387 e. The molecule has 146 valence electrons. The molecule has 0 unspecified atom stereocenters. The molecule has 1 aromatic heterocycles. The Labute approximate surface area is 165 Å². The Hall–Kier alpha value is -2.93. The molecule has 0 fully saturated rings. The van der Waals surface area contributed by atoms with Gasteiger partial charge in [0.1, 0.15) is 5.75 Å². The molecule has 1 amide bonds. The maximum Gasteiger partial charge on any atom is 0.387 e. The standard InChI is InChI=1S/C20H18ClF2N3O2/c1-12-18(13(2)26(25-12)11-14-7-3-5-9-16(14)21)24-19(27)15-8-4-6-10-17(15)28-20(22)23/h3-10,20H,11H2,1-2H3,(H,24,27). The lowest BCUT2D eigenvalue weighted by molar-refractivity contribution is -0.0501. The normalized spacial score (nSPS) is 10.9. The third-order valence-corrected chi connectivity index (χ3v) is 4.61. The molecular weight excluding hydrogens is 388 g/mol. The second-order valence-corrected chi connectivity index (χ2v) is 6.53. The van der Waals surface area contributed by atoms with E-state index < -0.39 is 12.5 Å². The van der Waals surface area contributed by atoms with Crippen LogP contribution in [0, 0.1) is 13.8 Å². The van der Waals surface area contributed by atoms with Crippen molar-refractivity contribution >= 4 is 23.2 Å². The molecule has 1 heterocycles. The summed E-state index contributed by atoms with van der Waals surface area (Å²) in [6.07, 6.45) is 0. The van der Waals surface area contributed by atoms with Gasteiger partial charge < -0.3 is 10.1 Å². The SMILES string of the molecule is Cc1nn(Cc2ccccc2Cl)c(C)c1NC(=O)c1ccccc1OC(F)F. The number of ether oxygens (including phenoxy) is 1. The zero-order valence-electron chi connectivity index (χ0n) is 15.2. The number of carbonyl (C=O) groups is 1. The number of amides is 1. The highest BCUT2D eigenvalue weighted by Gasteiger charge is 2.19. The van der Waals surface area contributed by atoms with Crippen LogP contribution in [0.25, 0.3) is 0 Å². The van der Waals surface area contributed by atoms with Crippen molar-refractivity contribution in [2.75, 3.05) is 5.32 Å². The molecular formula is C20H18ClF2N3O2. The molecule has 0 bridgehead atoms. The largest absolute Gasteiger partial charge is 0.434 e. The second-order valence-electron chi connectivity index (χ2n) is 6.12. The lowest BCUT2D eigenvalue weighted by Gasteiger charge is -2.11. The van der Waals surface area contributed by atoms with Gasteiger partial charge >= 0.3 is 6.61 Å². The second kappa shape index (κ2) is 8.39. The maximum absolute atomic E-state index is 12.6. The number of carbonyl (C=O) groups excluding carboxylic acids is 1. The van der Waals surface area contributed by atoms with E-state index in [2.05, 4.69) is 15.2 Å². The van der Waals surface area contributed by atoms with E-state index >= 15 is 0 Å². The van der Waals surface area contributed by atoms with Crippen LogP contribution in [-0.2, 0) is 6.54 Å². The third-order valence-electron chi connectivity index (χ3n) is 4.25. The number of para-hydroxylation sites is 1. The van der Waals surface area contributed by atoms with Crippen LogP contribution in [-0.4, -0.2) is 22.3 Å². The number of alkyl halides is 2. The van der Waals surface area contributed by atoms with Gasteiger partial charge in [0, 0.05) is 5.02 Å². The van der Waals surface area contributed by atoms with Crippen LogP contribution in [0.5, 0.6) is 5.75 Å². The molecule has 0 aliphatic heterocycles. The fraction of sp³-hybridized carbons (Fsp3) is 0.200. The molecule has 0 aliphatic carbocycles. The summed E-state index contributed by atoms with van der Waals surface area (Å²) in [5, 5.41) is 7.83. The van der Waals surface area contributed by atoms with Crippen molar-refractivity contribution in [1.29, 1.82) is 0 Å². The molecule has 28 heavy (non-hydrogen) atoms. The Morgan fingerprint density at radius 2 is 1.86 bits per heavy atom. The van der Waals surface area contributed by atoms with Crippen molar-refractivity contribution in [2.45, 2.75) is 27.0 Å². The first-order valence-electron chi connectivity index (χ1n) is 8.49. The van der Waals surface area contributed by atoms with Gasteiger partial charge in [-0.3, -0.25) is 9.48 Å². The van der Waals surface area contributed by atoms with E-state index in [9.17, 15) is 13.6 Å². The monoisotopic (exact) mass is 405 g/mol. The molecule has 3 aromatic rings. The average molecular weight is 406 g/mol. The number of nitrogens with one attached hydrogen (secondary N) is 1. The number of aromatic nitrogens is 2. The first-order chi connectivity index (χ1) is 13.4. The highest BCUT2D eigenvalue weighted by Crippen LogP contribution is 2.26. The Morgan fingerprint density at radius 1 is 1.18 bits per heavy atom. The predicted molar refractivity (Wildman–Crippen MR) is 103 cm³/mol. The van der Waals surface area contributed by atoms with Crippen molar-refractivity contribution in [1.82, 2.24) is 9.78 Å². The zero-order valence-corrected chi connectivity index (χ0v) is 16.0. The van der Waals surface area contributed by atoms with E-state index in [4.69, 9.17) is 11.6 Å². The maximum atomic E-state index is 12.6. The molecule has 5 nitrogen and oxygen atoms in total. The molecule has 0 spiro atoms. The van der Waals surface area contributed by atoms with E-state index in [1.54, 1.807) is 23.7 Å². The summed E-state index contributed by atoms with van der Waals surface area (Å²) in [5.41, 5.74) is 2.75. The molecule has 8 heteroatoms. The number of rotatable bonds is 6. The summed E-state index contributed by atoms with van der Waals surface area (Å²) >= 11 is 6.21. The van der Waals surface area contributed by atoms with Crippen LogP contribution in [0.15, 0.2) is 48.5 Å². The van der Waals surface area contributed by atoms with Crippen LogP contribution < -0.4 is 10.1 Å². The predicted octanol–water partition coefficient (Wildman–Crippen LogP) is 5.06. The number of anilines is 1. The van der Waals surface area contributed by atoms with E-state index in [1.807, 2.05) is 25.1 Å². The van der Waals surface area contributed by atoms with Crippen molar-refractivity contribution in [3.63, 3.8) is 0 Å². The van der Waals surface area contributed by atoms with Crippen LogP contribution in [0.2, 0.25) is 5.02 Å². The number of nitrogens with zero attached hydrogens (tertiary/aromatic N) is 2. The topological polar surface area (TPSA) is 56.2 Å². The Balaban J connectivity index is 1.85. The van der Waals surface area contributed by atoms with Gasteiger partial charge in [0.2, 0.25) is 0 Å². The van der Waals surface area contributed by atoms with E-state index in [-0.39, 0.29) is 11.3 Å². The van der Waals surface area contributed by atoms with Gasteiger partial charge in [0.15, 0.2) is 0 Å². The number of halogens is 3. The van der Waals surface area contributed by atoms with Gasteiger partial charge in [0.25, 0.3) is 5.91 Å². The fourth-order valence-electron chi connectivity index (χ4n) is 2.85. The van der Waals surface area contributed by atoms with Crippen molar-refractivity contribution in [3.05, 3.63) is 76.1 Å². The minimum absolute atomic E-state index is 0.0143. The van der Waals surface area contributed by atoms with Crippen molar-refractivity contribution in [2.24, 2.45) is 0 Å². The summed E-state index contributed by atoms with van der Waals surface area (Å²) in [7, 11) is 0. The van der Waals surface area contributed by atoms with Crippen LogP contribution >= 0.6 is 11.6 Å². The highest BCUT2D eigenvalue weighted by molar-refractivity contribution is 6.31. The van der Waals surface area contributed by atoms with Crippen molar-refractivity contribution in [3.8, 4) is 5.75 Å². The number of benzene rings is 2. The van der Waals surface area contributed by atoms with E-state index in [0.29, 0.717) is 22.9 Å². The summed E-state index contributed by atoms with van der Waals surface area (Å²) < 4.78 is 31.3. The number of hydrogen-bond donors (Lipinski definition) is 1. The van der Waals surface area contributed by atoms with Crippen molar-refractivity contribution < 1.29 is 18.3 Å². The van der Waals surface area contributed by atoms with Gasteiger partial charge in [-0.05, 0) is 37.6 Å². The summed E-state index contributed by atoms with van der Waals surface area (Å²) in [5.74, 6) is -0.742. The molecule has 2 aromatic carbocycles. The van der Waals surface area contributed by atoms with Gasteiger partial charge in [-0.2, -0.15) is 13.9 Å². The Kier molecular flexibility index (Phi) is 5.94. The summed E-state index contributed by atoms with van der Waals surface area (Å²) in [4.78, 5) is 12.6. The lowest BCUT2D eigenvalue weighted by atomic mass is 10.1. The minimum atomic E-state index is -3.02. The molecule has 1 N–H and O–H groups in total. The molecule has 0 aliphatic rings. The quantitative estimate of drug-likeness (QED) is 0.624. The lowest BCUT2D eigenvalue weighted by Crippen LogP contribution is -2.16. The Morgan fingerprint density at radius 3 is 2.57 bits per heavy atom. The van der Waals surface area contributed by atoms with Gasteiger partial charge in [0.05, 0.1) is 29.2 Å². The molecule has 0 radical (unpaired) electrons. The summed E-state index contributed by atoms with van der Waals surface area (Å²) in [6, 6.07) is 13.3. The summed E-state index contributed by atoms with van der Waals surface area (Å²) in [6.45, 7) is 0.991. The first kappa shape index (κ1) is 19.8. The Bertz CT molecular complexity index is 1000. The van der Waals surface area contributed by atoms with Crippen LogP contribution in [0.4, 0.5) is 14.5 Å². The minimum Gasteiger partial charge on any atom is -0.434 e. The number of hydrogen-bond acceptors (Lipinski definition) is 3. The van der Waals surface area contributed by atoms with Gasteiger partial charge in [-0.1, -0.05) is 41.9 Å². The average Bonchev–Trinajstić information content (AvgIpc) is 2.91. The van der Waals surface area contributed by atoms with Crippen LogP contribution in [0.1, 0.15) is 27.3 Å². The first-order valence-corrected chi connectivity index (χ1v) is 8.87. The third kappa shape index (κ3) is 4.31. The van der Waals surface area contributed by atoms with Crippen LogP contribution in [0.3, 0.4) is 0 Å². The molecule has 0 saturated heterocycles. The highest BCUT2D eigenvalue weighted by atomic mass is 35.5. The van der Waals surface area contributed by atoms with Gasteiger partial charge in [-0.25, -0.2) is 0 Å². The fourth-order valence-corrected chi connectivity index (χ4v) is 3.05. The molecule has 3 rings (SSSR count). The van der Waals surface area contributed by atoms with E-state index in [0.717, 1.165) is 11.3 Å². The van der Waals surface area contributed by atoms with E-state index in [1.165, 1.54) is 18.2 Å². The molecule has 0 atom stereocenters. The zero-order chi connectivity index (χ0) is 20.3. The number of aryl methyl sites for hydroxylation is 1.